The molecule has 1 unspecified atom stereocenters. The smallest absolute Gasteiger partial charge is 0.240 e. The van der Waals surface area contributed by atoms with E-state index in [9.17, 15) is 0 Å². The minimum absolute atomic E-state index is 0.443. The SMILES string of the molecule is CCC(C)(OC)c1noc(CNC2CC2)n1. The fourth-order valence-electron chi connectivity index (χ4n) is 1.45. The van der Waals surface area contributed by atoms with Crippen LogP contribution in [0.25, 0.3) is 0 Å². The van der Waals surface area contributed by atoms with E-state index >= 15 is 0 Å². The highest BCUT2D eigenvalue weighted by Gasteiger charge is 2.30. The lowest BCUT2D eigenvalue weighted by molar-refractivity contribution is -0.0106. The van der Waals surface area contributed by atoms with Gasteiger partial charge in [0.25, 0.3) is 0 Å². The molecule has 0 aliphatic heterocycles. The fraction of sp³-hybridized carbons (Fsp3) is 0.818. The van der Waals surface area contributed by atoms with Crippen LogP contribution in [0.15, 0.2) is 4.52 Å². The lowest BCUT2D eigenvalue weighted by Gasteiger charge is -2.21. The summed E-state index contributed by atoms with van der Waals surface area (Å²) in [5, 5.41) is 7.31. The number of methoxy groups -OCH3 is 1. The predicted octanol–water partition coefficient (Wildman–Crippen LogP) is 1.59. The van der Waals surface area contributed by atoms with E-state index in [-0.39, 0.29) is 0 Å². The summed E-state index contributed by atoms with van der Waals surface area (Å²) >= 11 is 0. The molecule has 0 radical (unpaired) electrons. The Kier molecular flexibility index (Phi) is 3.25. The van der Waals surface area contributed by atoms with Crippen molar-refractivity contribution in [3.63, 3.8) is 0 Å². The van der Waals surface area contributed by atoms with E-state index in [0.29, 0.717) is 24.3 Å². The van der Waals surface area contributed by atoms with Crippen molar-refractivity contribution in [1.29, 1.82) is 0 Å². The average Bonchev–Trinajstić information content (AvgIpc) is 3.02. The van der Waals surface area contributed by atoms with Crippen molar-refractivity contribution < 1.29 is 9.26 Å². The van der Waals surface area contributed by atoms with Gasteiger partial charge in [-0.2, -0.15) is 4.98 Å². The summed E-state index contributed by atoms with van der Waals surface area (Å²) in [4.78, 5) is 4.36. The van der Waals surface area contributed by atoms with Crippen LogP contribution >= 0.6 is 0 Å². The van der Waals surface area contributed by atoms with Crippen LogP contribution < -0.4 is 5.32 Å². The zero-order valence-electron chi connectivity index (χ0n) is 10.1. The number of aromatic nitrogens is 2. The molecule has 1 N–H and O–H groups in total. The van der Waals surface area contributed by atoms with E-state index < -0.39 is 5.60 Å². The van der Waals surface area contributed by atoms with Gasteiger partial charge in [0.1, 0.15) is 5.60 Å². The third-order valence-electron chi connectivity index (χ3n) is 3.19. The van der Waals surface area contributed by atoms with E-state index in [0.717, 1.165) is 6.42 Å². The molecule has 1 fully saturated rings. The summed E-state index contributed by atoms with van der Waals surface area (Å²) in [7, 11) is 1.67. The van der Waals surface area contributed by atoms with Crippen molar-refractivity contribution in [1.82, 2.24) is 15.5 Å². The first-order chi connectivity index (χ1) is 7.68. The monoisotopic (exact) mass is 225 g/mol. The van der Waals surface area contributed by atoms with Crippen molar-refractivity contribution in [3.05, 3.63) is 11.7 Å². The highest BCUT2D eigenvalue weighted by atomic mass is 16.5. The van der Waals surface area contributed by atoms with Gasteiger partial charge in [-0.3, -0.25) is 0 Å². The Balaban J connectivity index is 1.99. The third-order valence-corrected chi connectivity index (χ3v) is 3.19. The zero-order chi connectivity index (χ0) is 11.6. The first kappa shape index (κ1) is 11.5. The Hall–Kier alpha value is -0.940. The van der Waals surface area contributed by atoms with Gasteiger partial charge >= 0.3 is 0 Å². The fourth-order valence-corrected chi connectivity index (χ4v) is 1.45. The normalized spacial score (nSPS) is 19.7. The minimum atomic E-state index is -0.443. The first-order valence-corrected chi connectivity index (χ1v) is 5.79. The lowest BCUT2D eigenvalue weighted by atomic mass is 10.0. The molecule has 1 aromatic rings. The molecule has 1 atom stereocenters. The summed E-state index contributed by atoms with van der Waals surface area (Å²) < 4.78 is 10.6. The highest BCUT2D eigenvalue weighted by molar-refractivity contribution is 4.99. The van der Waals surface area contributed by atoms with Gasteiger partial charge in [0, 0.05) is 13.2 Å². The molecule has 1 heterocycles. The van der Waals surface area contributed by atoms with Crippen LogP contribution in [0.4, 0.5) is 0 Å². The molecule has 5 nitrogen and oxygen atoms in total. The molecule has 0 aromatic carbocycles. The maximum atomic E-state index is 5.42. The van der Waals surface area contributed by atoms with Gasteiger partial charge in [-0.15, -0.1) is 0 Å². The second-order valence-corrected chi connectivity index (χ2v) is 4.46. The van der Waals surface area contributed by atoms with E-state index in [2.05, 4.69) is 15.5 Å². The Morgan fingerprint density at radius 2 is 2.31 bits per heavy atom. The summed E-state index contributed by atoms with van der Waals surface area (Å²) in [5.41, 5.74) is -0.443. The molecule has 1 aromatic heterocycles. The average molecular weight is 225 g/mol. The zero-order valence-corrected chi connectivity index (χ0v) is 10.1. The largest absolute Gasteiger partial charge is 0.370 e. The van der Waals surface area contributed by atoms with Crippen LogP contribution in [0.3, 0.4) is 0 Å². The molecular weight excluding hydrogens is 206 g/mol. The highest BCUT2D eigenvalue weighted by Crippen LogP contribution is 2.25. The second kappa shape index (κ2) is 4.51. The predicted molar refractivity (Wildman–Crippen MR) is 58.8 cm³/mol. The number of hydrogen-bond acceptors (Lipinski definition) is 5. The maximum Gasteiger partial charge on any atom is 0.240 e. The minimum Gasteiger partial charge on any atom is -0.370 e. The van der Waals surface area contributed by atoms with Gasteiger partial charge in [0.05, 0.1) is 6.54 Å². The Morgan fingerprint density at radius 3 is 2.88 bits per heavy atom. The van der Waals surface area contributed by atoms with Gasteiger partial charge < -0.3 is 14.6 Å². The van der Waals surface area contributed by atoms with Gasteiger partial charge in [0.15, 0.2) is 0 Å². The van der Waals surface area contributed by atoms with Crippen molar-refractivity contribution in [2.45, 2.75) is 51.3 Å². The summed E-state index contributed by atoms with van der Waals surface area (Å²) in [6.07, 6.45) is 3.33. The molecule has 2 rings (SSSR count). The molecule has 0 amide bonds. The van der Waals surface area contributed by atoms with Crippen molar-refractivity contribution >= 4 is 0 Å². The second-order valence-electron chi connectivity index (χ2n) is 4.46. The van der Waals surface area contributed by atoms with Gasteiger partial charge in [-0.25, -0.2) is 0 Å². The van der Waals surface area contributed by atoms with E-state index in [1.54, 1.807) is 7.11 Å². The summed E-state index contributed by atoms with van der Waals surface area (Å²) in [6.45, 7) is 4.67. The molecule has 1 aliphatic rings. The maximum absolute atomic E-state index is 5.42. The van der Waals surface area contributed by atoms with Crippen LogP contribution in [0, 0.1) is 0 Å². The Morgan fingerprint density at radius 1 is 1.56 bits per heavy atom. The van der Waals surface area contributed by atoms with Crippen LogP contribution in [0.1, 0.15) is 44.8 Å². The van der Waals surface area contributed by atoms with Crippen molar-refractivity contribution in [3.8, 4) is 0 Å². The Bertz CT molecular complexity index is 343. The van der Waals surface area contributed by atoms with E-state index in [1.165, 1.54) is 12.8 Å². The van der Waals surface area contributed by atoms with Crippen LogP contribution in [-0.2, 0) is 16.9 Å². The number of ether oxygens (including phenoxy) is 1. The molecule has 0 saturated heterocycles. The summed E-state index contributed by atoms with van der Waals surface area (Å²) in [6, 6.07) is 0.648. The molecule has 0 bridgehead atoms. The van der Waals surface area contributed by atoms with E-state index in [1.807, 2.05) is 13.8 Å². The topological polar surface area (TPSA) is 60.2 Å². The number of rotatable bonds is 6. The third kappa shape index (κ3) is 2.41. The Labute approximate surface area is 95.6 Å². The van der Waals surface area contributed by atoms with Gasteiger partial charge in [-0.05, 0) is 26.2 Å². The number of hydrogen-bond donors (Lipinski definition) is 1. The summed E-state index contributed by atoms with van der Waals surface area (Å²) in [5.74, 6) is 1.27. The van der Waals surface area contributed by atoms with Crippen molar-refractivity contribution in [2.24, 2.45) is 0 Å². The molecule has 0 spiro atoms. The first-order valence-electron chi connectivity index (χ1n) is 5.79. The van der Waals surface area contributed by atoms with Crippen LogP contribution in [0.2, 0.25) is 0 Å². The molecular formula is C11H19N3O2. The number of nitrogens with zero attached hydrogens (tertiary/aromatic N) is 2. The lowest BCUT2D eigenvalue weighted by Crippen LogP contribution is -2.25. The van der Waals surface area contributed by atoms with E-state index in [4.69, 9.17) is 9.26 Å². The van der Waals surface area contributed by atoms with Crippen molar-refractivity contribution in [2.75, 3.05) is 7.11 Å². The van der Waals surface area contributed by atoms with Crippen LogP contribution in [0.5, 0.6) is 0 Å². The van der Waals surface area contributed by atoms with Crippen LogP contribution in [-0.4, -0.2) is 23.3 Å². The molecule has 1 aliphatic carbocycles. The van der Waals surface area contributed by atoms with Gasteiger partial charge in [-0.1, -0.05) is 12.1 Å². The molecule has 16 heavy (non-hydrogen) atoms. The molecule has 5 heteroatoms. The standard InChI is InChI=1S/C11H19N3O2/c1-4-11(2,15-3)10-13-9(16-14-10)7-12-8-5-6-8/h8,12H,4-7H2,1-3H3. The molecule has 1 saturated carbocycles. The van der Waals surface area contributed by atoms with Gasteiger partial charge in [0.2, 0.25) is 11.7 Å². The quantitative estimate of drug-likeness (QED) is 0.796. The number of nitrogens with one attached hydrogen (secondary N) is 1. The molecule has 90 valence electrons.